The molecular weight excluding hydrogens is 386 g/mol. The number of hydrogen-bond acceptors (Lipinski definition) is 4. The van der Waals surface area contributed by atoms with E-state index in [0.717, 1.165) is 15.7 Å². The Hall–Kier alpha value is -3.45. The number of nitrogens with one attached hydrogen (secondary N) is 1. The molecule has 0 unspecified atom stereocenters. The Balaban J connectivity index is 1.83. The first kappa shape index (κ1) is 18.9. The highest BCUT2D eigenvalue weighted by atomic mass is 32.1. The molecule has 2 heterocycles. The molecule has 4 aromatic rings. The van der Waals surface area contributed by atoms with E-state index in [9.17, 15) is 14.4 Å². The van der Waals surface area contributed by atoms with E-state index in [4.69, 9.17) is 0 Å². The van der Waals surface area contributed by atoms with Crippen molar-refractivity contribution in [3.05, 3.63) is 91.9 Å². The Morgan fingerprint density at radius 3 is 2.38 bits per heavy atom. The Kier molecular flexibility index (Phi) is 4.90. The maximum absolute atomic E-state index is 13.3. The fourth-order valence-corrected chi connectivity index (χ4v) is 4.14. The molecular formula is C22H19N3O3S. The molecule has 0 aliphatic carbocycles. The molecule has 7 heteroatoms. The number of rotatable bonds is 4. The first-order valence-corrected chi connectivity index (χ1v) is 10.00. The molecule has 0 fully saturated rings. The van der Waals surface area contributed by atoms with Crippen LogP contribution < -0.4 is 16.6 Å². The SMILES string of the molecule is Cc1ccccc1NC(=O)Cn1c(=O)n(-c2ccccc2C)c(=O)c2sccc21. The summed E-state index contributed by atoms with van der Waals surface area (Å²) in [5, 5.41) is 4.60. The zero-order valence-electron chi connectivity index (χ0n) is 16.0. The summed E-state index contributed by atoms with van der Waals surface area (Å²) in [4.78, 5) is 39.0. The van der Waals surface area contributed by atoms with Crippen molar-refractivity contribution in [2.24, 2.45) is 0 Å². The monoisotopic (exact) mass is 405 g/mol. The van der Waals surface area contributed by atoms with Crippen LogP contribution in [0.1, 0.15) is 11.1 Å². The van der Waals surface area contributed by atoms with Gasteiger partial charge in [0.1, 0.15) is 11.2 Å². The van der Waals surface area contributed by atoms with Gasteiger partial charge < -0.3 is 5.32 Å². The molecule has 0 spiro atoms. The third kappa shape index (κ3) is 3.40. The van der Waals surface area contributed by atoms with E-state index in [-0.39, 0.29) is 18.0 Å². The number of aryl methyl sites for hydroxylation is 2. The van der Waals surface area contributed by atoms with Crippen LogP contribution in [0.5, 0.6) is 0 Å². The van der Waals surface area contributed by atoms with Crippen molar-refractivity contribution in [1.82, 2.24) is 9.13 Å². The lowest BCUT2D eigenvalue weighted by atomic mass is 10.2. The average Bonchev–Trinajstić information content (AvgIpc) is 3.19. The summed E-state index contributed by atoms with van der Waals surface area (Å²) < 4.78 is 2.94. The quantitative estimate of drug-likeness (QED) is 0.565. The number of aromatic nitrogens is 2. The molecule has 146 valence electrons. The molecule has 0 saturated carbocycles. The van der Waals surface area contributed by atoms with E-state index >= 15 is 0 Å². The third-order valence-corrected chi connectivity index (χ3v) is 5.72. The molecule has 29 heavy (non-hydrogen) atoms. The lowest BCUT2D eigenvalue weighted by Crippen LogP contribution is -2.40. The maximum atomic E-state index is 13.3. The number of thiophene rings is 1. The van der Waals surface area contributed by atoms with E-state index in [1.165, 1.54) is 15.9 Å². The van der Waals surface area contributed by atoms with Gasteiger partial charge in [0.15, 0.2) is 0 Å². The highest BCUT2D eigenvalue weighted by Gasteiger charge is 2.18. The number of nitrogens with zero attached hydrogens (tertiary/aromatic N) is 2. The first-order chi connectivity index (χ1) is 14.0. The van der Waals surface area contributed by atoms with Gasteiger partial charge in [-0.05, 0) is 48.6 Å². The summed E-state index contributed by atoms with van der Waals surface area (Å²) in [6, 6.07) is 16.3. The van der Waals surface area contributed by atoms with E-state index in [1.807, 2.05) is 50.2 Å². The number of carbonyl (C=O) groups excluding carboxylic acids is 1. The first-order valence-electron chi connectivity index (χ1n) is 9.12. The molecule has 0 atom stereocenters. The van der Waals surface area contributed by atoms with Gasteiger partial charge >= 0.3 is 5.69 Å². The standard InChI is InChI=1S/C22H19N3O3S/c1-14-7-3-5-9-16(14)23-19(26)13-24-18-11-12-29-20(18)21(27)25(22(24)28)17-10-6-4-8-15(17)2/h3-12H,13H2,1-2H3,(H,23,26). The second-order valence-corrected chi connectivity index (χ2v) is 7.71. The lowest BCUT2D eigenvalue weighted by Gasteiger charge is -2.14. The van der Waals surface area contributed by atoms with Gasteiger partial charge in [-0.3, -0.25) is 14.2 Å². The molecule has 4 rings (SSSR count). The van der Waals surface area contributed by atoms with Gasteiger partial charge in [0.05, 0.1) is 11.2 Å². The van der Waals surface area contributed by atoms with Crippen molar-refractivity contribution in [3.8, 4) is 5.69 Å². The van der Waals surface area contributed by atoms with Gasteiger partial charge in [-0.15, -0.1) is 11.3 Å². The van der Waals surface area contributed by atoms with Gasteiger partial charge in [-0.1, -0.05) is 36.4 Å². The van der Waals surface area contributed by atoms with Crippen molar-refractivity contribution in [1.29, 1.82) is 0 Å². The Labute approximate surface area is 170 Å². The van der Waals surface area contributed by atoms with Gasteiger partial charge in [0.2, 0.25) is 5.91 Å². The van der Waals surface area contributed by atoms with E-state index in [0.29, 0.717) is 21.6 Å². The predicted octanol–water partition coefficient (Wildman–Crippen LogP) is 3.47. The molecule has 0 aliphatic rings. The van der Waals surface area contributed by atoms with Crippen molar-refractivity contribution < 1.29 is 4.79 Å². The van der Waals surface area contributed by atoms with Crippen LogP contribution in [0.25, 0.3) is 15.9 Å². The maximum Gasteiger partial charge on any atom is 0.336 e. The van der Waals surface area contributed by atoms with Crippen molar-refractivity contribution in [2.45, 2.75) is 20.4 Å². The van der Waals surface area contributed by atoms with Crippen LogP contribution in [0.15, 0.2) is 69.6 Å². The summed E-state index contributed by atoms with van der Waals surface area (Å²) in [6.07, 6.45) is 0. The minimum absolute atomic E-state index is 0.188. The van der Waals surface area contributed by atoms with Crippen LogP contribution in [0, 0.1) is 13.8 Å². The van der Waals surface area contributed by atoms with Crippen LogP contribution in [-0.4, -0.2) is 15.0 Å². The average molecular weight is 405 g/mol. The summed E-state index contributed by atoms with van der Waals surface area (Å²) in [7, 11) is 0. The smallest absolute Gasteiger partial charge is 0.324 e. The van der Waals surface area contributed by atoms with Crippen molar-refractivity contribution >= 4 is 33.1 Å². The van der Waals surface area contributed by atoms with Gasteiger partial charge in [0.25, 0.3) is 5.56 Å². The Morgan fingerprint density at radius 2 is 1.66 bits per heavy atom. The van der Waals surface area contributed by atoms with E-state index in [1.54, 1.807) is 23.6 Å². The molecule has 1 N–H and O–H groups in total. The fraction of sp³-hybridized carbons (Fsp3) is 0.136. The van der Waals surface area contributed by atoms with Crippen LogP contribution >= 0.6 is 11.3 Å². The summed E-state index contributed by atoms with van der Waals surface area (Å²) in [5.41, 5.74) is 2.51. The number of fused-ring (bicyclic) bond motifs is 1. The van der Waals surface area contributed by atoms with Crippen molar-refractivity contribution in [2.75, 3.05) is 5.32 Å². The second kappa shape index (κ2) is 7.52. The number of amides is 1. The van der Waals surface area contributed by atoms with Crippen LogP contribution in [0.2, 0.25) is 0 Å². The topological polar surface area (TPSA) is 73.1 Å². The highest BCUT2D eigenvalue weighted by molar-refractivity contribution is 7.17. The van der Waals surface area contributed by atoms with Gasteiger partial charge in [-0.25, -0.2) is 9.36 Å². The van der Waals surface area contributed by atoms with Gasteiger partial charge in [-0.2, -0.15) is 0 Å². The molecule has 0 radical (unpaired) electrons. The Morgan fingerprint density at radius 1 is 0.966 bits per heavy atom. The minimum atomic E-state index is -0.532. The summed E-state index contributed by atoms with van der Waals surface area (Å²) in [5.74, 6) is -0.330. The summed E-state index contributed by atoms with van der Waals surface area (Å²) >= 11 is 1.26. The highest BCUT2D eigenvalue weighted by Crippen LogP contribution is 2.18. The molecule has 1 amide bonds. The number of carbonyl (C=O) groups is 1. The van der Waals surface area contributed by atoms with Crippen LogP contribution in [0.3, 0.4) is 0 Å². The van der Waals surface area contributed by atoms with Crippen LogP contribution in [-0.2, 0) is 11.3 Å². The molecule has 6 nitrogen and oxygen atoms in total. The Bertz CT molecular complexity index is 1350. The van der Waals surface area contributed by atoms with E-state index < -0.39 is 5.69 Å². The zero-order valence-corrected chi connectivity index (χ0v) is 16.8. The second-order valence-electron chi connectivity index (χ2n) is 6.79. The fourth-order valence-electron chi connectivity index (χ4n) is 3.31. The number of para-hydroxylation sites is 2. The number of hydrogen-bond donors (Lipinski definition) is 1. The molecule has 2 aromatic heterocycles. The normalized spacial score (nSPS) is 11.0. The summed E-state index contributed by atoms with van der Waals surface area (Å²) in [6.45, 7) is 3.55. The predicted molar refractivity (Wildman–Crippen MR) is 116 cm³/mol. The van der Waals surface area contributed by atoms with Crippen LogP contribution in [0.4, 0.5) is 5.69 Å². The van der Waals surface area contributed by atoms with Crippen molar-refractivity contribution in [3.63, 3.8) is 0 Å². The van der Waals surface area contributed by atoms with Gasteiger partial charge in [0, 0.05) is 5.69 Å². The molecule has 0 bridgehead atoms. The molecule has 0 aliphatic heterocycles. The largest absolute Gasteiger partial charge is 0.336 e. The number of anilines is 1. The van der Waals surface area contributed by atoms with E-state index in [2.05, 4.69) is 5.32 Å². The number of benzene rings is 2. The molecule has 2 aromatic carbocycles. The zero-order chi connectivity index (χ0) is 20.5. The third-order valence-electron chi connectivity index (χ3n) is 4.83. The molecule has 0 saturated heterocycles. The lowest BCUT2D eigenvalue weighted by molar-refractivity contribution is -0.116. The minimum Gasteiger partial charge on any atom is -0.324 e.